The normalized spacial score (nSPS) is 10.6. The van der Waals surface area contributed by atoms with Crippen LogP contribution in [0.2, 0.25) is 0 Å². The lowest BCUT2D eigenvalue weighted by molar-refractivity contribution is -0.127. The van der Waals surface area contributed by atoms with E-state index < -0.39 is 0 Å². The van der Waals surface area contributed by atoms with Gasteiger partial charge in [-0.05, 0) is 24.6 Å². The number of hydrogen-bond donors (Lipinski definition) is 2. The topological polar surface area (TPSA) is 75.2 Å². The first-order valence-corrected chi connectivity index (χ1v) is 7.99. The zero-order valence-electron chi connectivity index (χ0n) is 15.4. The molecule has 0 aromatic heterocycles. The molecule has 0 bridgehead atoms. The van der Waals surface area contributed by atoms with Crippen LogP contribution in [0.5, 0.6) is 5.75 Å². The number of carbonyl (C=O) groups excluding carboxylic acids is 1. The summed E-state index contributed by atoms with van der Waals surface area (Å²) < 4.78 is 10.6. The fraction of sp³-hybridized carbons (Fsp3) is 0.529. The third-order valence-corrected chi connectivity index (χ3v) is 3.12. The molecule has 0 radical (unpaired) electrons. The lowest BCUT2D eigenvalue weighted by Gasteiger charge is -2.14. The first kappa shape index (κ1) is 23.4. The molecule has 0 aliphatic heterocycles. The molecular formula is C17H29IN4O3. The first-order valence-electron chi connectivity index (χ1n) is 7.99. The van der Waals surface area contributed by atoms with Crippen LogP contribution in [0.3, 0.4) is 0 Å². The number of rotatable bonds is 9. The molecule has 1 aromatic carbocycles. The molecule has 2 N–H and O–H groups in total. The molecule has 0 heterocycles. The van der Waals surface area contributed by atoms with Crippen molar-refractivity contribution in [2.24, 2.45) is 4.99 Å². The van der Waals surface area contributed by atoms with Gasteiger partial charge in [-0.25, -0.2) is 4.99 Å². The fourth-order valence-corrected chi connectivity index (χ4v) is 1.81. The van der Waals surface area contributed by atoms with Gasteiger partial charge in [0.25, 0.3) is 0 Å². The monoisotopic (exact) mass is 464 g/mol. The highest BCUT2D eigenvalue weighted by Gasteiger charge is 2.05. The van der Waals surface area contributed by atoms with E-state index in [9.17, 15) is 4.79 Å². The second-order valence-electron chi connectivity index (χ2n) is 5.33. The van der Waals surface area contributed by atoms with Crippen molar-refractivity contribution in [3.8, 4) is 5.75 Å². The summed E-state index contributed by atoms with van der Waals surface area (Å²) in [5.74, 6) is 1.40. The highest BCUT2D eigenvalue weighted by molar-refractivity contribution is 14.0. The summed E-state index contributed by atoms with van der Waals surface area (Å²) in [4.78, 5) is 17.7. The number of likely N-dealkylation sites (N-methyl/N-ethyl adjacent to an activating group) is 1. The number of aliphatic imine (C=N–C) groups is 1. The molecular weight excluding hydrogens is 435 g/mol. The van der Waals surface area contributed by atoms with Gasteiger partial charge in [-0.3, -0.25) is 4.79 Å². The van der Waals surface area contributed by atoms with E-state index in [4.69, 9.17) is 9.47 Å². The van der Waals surface area contributed by atoms with Crippen LogP contribution in [0.4, 0.5) is 0 Å². The predicted molar refractivity (Wildman–Crippen MR) is 111 cm³/mol. The summed E-state index contributed by atoms with van der Waals surface area (Å²) >= 11 is 0. The average Bonchev–Trinajstić information content (AvgIpc) is 2.57. The summed E-state index contributed by atoms with van der Waals surface area (Å²) in [6, 6.07) is 7.78. The van der Waals surface area contributed by atoms with E-state index in [1.165, 1.54) is 4.90 Å². The minimum absolute atomic E-state index is 0. The van der Waals surface area contributed by atoms with Crippen LogP contribution >= 0.6 is 24.0 Å². The van der Waals surface area contributed by atoms with Crippen LogP contribution in [0.15, 0.2) is 29.3 Å². The van der Waals surface area contributed by atoms with Gasteiger partial charge in [-0.15, -0.1) is 24.0 Å². The summed E-state index contributed by atoms with van der Waals surface area (Å²) in [5.41, 5.74) is 1.03. The highest BCUT2D eigenvalue weighted by Crippen LogP contribution is 2.14. The molecule has 0 fully saturated rings. The molecule has 0 unspecified atom stereocenters. The van der Waals surface area contributed by atoms with Crippen molar-refractivity contribution in [2.45, 2.75) is 13.5 Å². The Morgan fingerprint density at radius 1 is 1.24 bits per heavy atom. The molecule has 7 nitrogen and oxygen atoms in total. The Bertz CT molecular complexity index is 538. The van der Waals surface area contributed by atoms with Gasteiger partial charge in [0.2, 0.25) is 5.91 Å². The zero-order valence-corrected chi connectivity index (χ0v) is 17.7. The molecule has 1 rings (SSSR count). The Balaban J connectivity index is 0.00000576. The van der Waals surface area contributed by atoms with Gasteiger partial charge in [0.15, 0.2) is 5.96 Å². The number of benzene rings is 1. The fourth-order valence-electron chi connectivity index (χ4n) is 1.81. The van der Waals surface area contributed by atoms with Crippen LogP contribution in [0, 0.1) is 0 Å². The molecule has 0 atom stereocenters. The minimum Gasteiger partial charge on any atom is -0.491 e. The van der Waals surface area contributed by atoms with Crippen molar-refractivity contribution in [3.63, 3.8) is 0 Å². The maximum Gasteiger partial charge on any atom is 0.241 e. The minimum atomic E-state index is -0.00542. The molecule has 0 aliphatic carbocycles. The molecule has 142 valence electrons. The number of nitrogens with one attached hydrogen (secondary N) is 2. The standard InChI is InChI=1S/C17H28N4O3.HI/c1-5-18-17(20-13-16(22)21(2)3)19-12-14-7-6-8-15(11-14)24-10-9-23-4;/h6-8,11H,5,9-10,12-13H2,1-4H3,(H2,18,19,20);1H. The summed E-state index contributed by atoms with van der Waals surface area (Å²) in [7, 11) is 5.09. The summed E-state index contributed by atoms with van der Waals surface area (Å²) in [5, 5.41) is 6.15. The van der Waals surface area contributed by atoms with Gasteiger partial charge in [-0.1, -0.05) is 12.1 Å². The van der Waals surface area contributed by atoms with E-state index in [1.54, 1.807) is 21.2 Å². The Kier molecular flexibility index (Phi) is 12.9. The Hall–Kier alpha value is -1.55. The van der Waals surface area contributed by atoms with Gasteiger partial charge in [0.05, 0.1) is 19.7 Å². The van der Waals surface area contributed by atoms with Crippen molar-refractivity contribution in [1.29, 1.82) is 0 Å². The van der Waals surface area contributed by atoms with Crippen molar-refractivity contribution in [3.05, 3.63) is 29.8 Å². The van der Waals surface area contributed by atoms with Crippen molar-refractivity contribution in [2.75, 3.05) is 47.5 Å². The number of carbonyl (C=O) groups is 1. The number of nitrogens with zero attached hydrogens (tertiary/aromatic N) is 2. The maximum absolute atomic E-state index is 11.6. The van der Waals surface area contributed by atoms with Gasteiger partial charge in [-0.2, -0.15) is 0 Å². The molecule has 0 saturated carbocycles. The Labute approximate surface area is 167 Å². The number of hydrogen-bond acceptors (Lipinski definition) is 4. The van der Waals surface area contributed by atoms with Crippen molar-refractivity contribution >= 4 is 35.8 Å². The van der Waals surface area contributed by atoms with E-state index in [0.717, 1.165) is 17.9 Å². The number of ether oxygens (including phenoxy) is 2. The van der Waals surface area contributed by atoms with E-state index >= 15 is 0 Å². The maximum atomic E-state index is 11.6. The lowest BCUT2D eigenvalue weighted by atomic mass is 10.2. The third-order valence-electron chi connectivity index (χ3n) is 3.12. The van der Waals surface area contributed by atoms with E-state index in [2.05, 4.69) is 15.6 Å². The van der Waals surface area contributed by atoms with Gasteiger partial charge >= 0.3 is 0 Å². The Morgan fingerprint density at radius 3 is 2.64 bits per heavy atom. The molecule has 0 spiro atoms. The average molecular weight is 464 g/mol. The molecule has 0 saturated heterocycles. The zero-order chi connectivity index (χ0) is 17.8. The van der Waals surface area contributed by atoms with Crippen LogP contribution < -0.4 is 15.4 Å². The molecule has 0 aliphatic rings. The SMILES string of the molecule is CCNC(=NCc1cccc(OCCOC)c1)NCC(=O)N(C)C.I. The molecule has 1 amide bonds. The predicted octanol–water partition coefficient (Wildman–Crippen LogP) is 1.47. The second-order valence-corrected chi connectivity index (χ2v) is 5.33. The Morgan fingerprint density at radius 2 is 2.00 bits per heavy atom. The quantitative estimate of drug-likeness (QED) is 0.251. The largest absolute Gasteiger partial charge is 0.491 e. The molecule has 8 heteroatoms. The second kappa shape index (κ2) is 13.7. The smallest absolute Gasteiger partial charge is 0.241 e. The van der Waals surface area contributed by atoms with Gasteiger partial charge in [0.1, 0.15) is 12.4 Å². The van der Waals surface area contributed by atoms with E-state index in [0.29, 0.717) is 25.7 Å². The van der Waals surface area contributed by atoms with Crippen LogP contribution in [-0.2, 0) is 16.1 Å². The van der Waals surface area contributed by atoms with Crippen LogP contribution in [0.25, 0.3) is 0 Å². The van der Waals surface area contributed by atoms with Crippen molar-refractivity contribution < 1.29 is 14.3 Å². The number of guanidine groups is 1. The number of halogens is 1. The van der Waals surface area contributed by atoms with Crippen LogP contribution in [-0.4, -0.2) is 64.3 Å². The summed E-state index contributed by atoms with van der Waals surface area (Å²) in [6.45, 7) is 4.47. The van der Waals surface area contributed by atoms with Gasteiger partial charge in [0, 0.05) is 27.7 Å². The number of amides is 1. The van der Waals surface area contributed by atoms with Crippen molar-refractivity contribution in [1.82, 2.24) is 15.5 Å². The van der Waals surface area contributed by atoms with Gasteiger partial charge < -0.3 is 25.0 Å². The first-order chi connectivity index (χ1) is 11.6. The summed E-state index contributed by atoms with van der Waals surface area (Å²) in [6.07, 6.45) is 0. The molecule has 25 heavy (non-hydrogen) atoms. The molecule has 1 aromatic rings. The van der Waals surface area contributed by atoms with E-state index in [-0.39, 0.29) is 36.4 Å². The van der Waals surface area contributed by atoms with Crippen LogP contribution in [0.1, 0.15) is 12.5 Å². The lowest BCUT2D eigenvalue weighted by Crippen LogP contribution is -2.42. The van der Waals surface area contributed by atoms with E-state index in [1.807, 2.05) is 31.2 Å². The number of methoxy groups -OCH3 is 1. The third kappa shape index (κ3) is 10.1. The highest BCUT2D eigenvalue weighted by atomic mass is 127.